The highest BCUT2D eigenvalue weighted by Gasteiger charge is 2.38. The van der Waals surface area contributed by atoms with Crippen molar-refractivity contribution in [1.29, 1.82) is 0 Å². The van der Waals surface area contributed by atoms with Crippen molar-refractivity contribution in [2.24, 2.45) is 0 Å². The summed E-state index contributed by atoms with van der Waals surface area (Å²) in [6, 6.07) is 6.17. The topological polar surface area (TPSA) is 40.5 Å². The van der Waals surface area contributed by atoms with Gasteiger partial charge in [0.1, 0.15) is 5.82 Å². The van der Waals surface area contributed by atoms with E-state index in [4.69, 9.17) is 0 Å². The van der Waals surface area contributed by atoms with Gasteiger partial charge in [-0.25, -0.2) is 4.39 Å². The smallest absolute Gasteiger partial charge is 0.123 e. The van der Waals surface area contributed by atoms with Crippen molar-refractivity contribution in [1.82, 2.24) is 0 Å². The monoisotopic (exact) mass is 224 g/mol. The lowest BCUT2D eigenvalue weighted by atomic mass is 9.90. The van der Waals surface area contributed by atoms with Crippen LogP contribution in [0, 0.1) is 5.82 Å². The molecule has 1 unspecified atom stereocenters. The zero-order valence-corrected chi connectivity index (χ0v) is 9.19. The third kappa shape index (κ3) is 2.42. The molecule has 1 fully saturated rings. The zero-order chi connectivity index (χ0) is 11.6. The molecule has 3 heteroatoms. The van der Waals surface area contributed by atoms with E-state index >= 15 is 0 Å². The molecule has 0 bridgehead atoms. The molecule has 1 saturated carbocycles. The van der Waals surface area contributed by atoms with Crippen LogP contribution >= 0.6 is 0 Å². The predicted octanol–water partition coefficient (Wildman–Crippen LogP) is 2.03. The first-order valence-electron chi connectivity index (χ1n) is 5.75. The summed E-state index contributed by atoms with van der Waals surface area (Å²) in [7, 11) is 0. The maximum absolute atomic E-state index is 12.9. The highest BCUT2D eigenvalue weighted by Crippen LogP contribution is 2.33. The maximum Gasteiger partial charge on any atom is 0.123 e. The van der Waals surface area contributed by atoms with Crippen LogP contribution in [0.2, 0.25) is 0 Å². The van der Waals surface area contributed by atoms with Gasteiger partial charge in [0, 0.05) is 6.42 Å². The van der Waals surface area contributed by atoms with Crippen LogP contribution < -0.4 is 0 Å². The minimum Gasteiger partial charge on any atom is -0.390 e. The Kier molecular flexibility index (Phi) is 3.26. The quantitative estimate of drug-likeness (QED) is 0.824. The molecule has 0 aromatic heterocycles. The van der Waals surface area contributed by atoms with Crippen molar-refractivity contribution >= 4 is 0 Å². The molecule has 88 valence electrons. The molecule has 0 spiro atoms. The largest absolute Gasteiger partial charge is 0.390 e. The lowest BCUT2D eigenvalue weighted by Crippen LogP contribution is -2.40. The number of rotatable bonds is 3. The average molecular weight is 224 g/mol. The second-order valence-electron chi connectivity index (χ2n) is 4.66. The highest BCUT2D eigenvalue weighted by molar-refractivity contribution is 5.18. The lowest BCUT2D eigenvalue weighted by Gasteiger charge is -2.28. The van der Waals surface area contributed by atoms with Crippen LogP contribution in [0.5, 0.6) is 0 Å². The third-order valence-corrected chi connectivity index (χ3v) is 3.41. The van der Waals surface area contributed by atoms with E-state index in [9.17, 15) is 14.6 Å². The van der Waals surface area contributed by atoms with Crippen molar-refractivity contribution in [2.45, 2.75) is 43.8 Å². The zero-order valence-electron chi connectivity index (χ0n) is 9.19. The van der Waals surface area contributed by atoms with Crippen LogP contribution in [-0.2, 0) is 6.42 Å². The predicted molar refractivity (Wildman–Crippen MR) is 59.5 cm³/mol. The molecule has 2 rings (SSSR count). The molecule has 1 aromatic carbocycles. The van der Waals surface area contributed by atoms with E-state index < -0.39 is 11.7 Å². The third-order valence-electron chi connectivity index (χ3n) is 3.41. The Labute approximate surface area is 94.7 Å². The fourth-order valence-electron chi connectivity index (χ4n) is 2.40. The summed E-state index contributed by atoms with van der Waals surface area (Å²) in [6.07, 6.45) is 2.71. The van der Waals surface area contributed by atoms with Crippen LogP contribution in [-0.4, -0.2) is 21.9 Å². The molecule has 0 saturated heterocycles. The van der Waals surface area contributed by atoms with Gasteiger partial charge in [-0.05, 0) is 30.5 Å². The van der Waals surface area contributed by atoms with E-state index in [1.807, 2.05) is 0 Å². The normalized spacial score (nSPS) is 20.9. The number of aliphatic hydroxyl groups is 2. The molecule has 0 amide bonds. The van der Waals surface area contributed by atoms with Crippen molar-refractivity contribution in [3.05, 3.63) is 35.6 Å². The van der Waals surface area contributed by atoms with Crippen LogP contribution in [0.25, 0.3) is 0 Å². The highest BCUT2D eigenvalue weighted by atomic mass is 19.1. The Morgan fingerprint density at radius 1 is 1.31 bits per heavy atom. The Morgan fingerprint density at radius 3 is 2.62 bits per heavy atom. The SMILES string of the molecule is OC(Cc1cccc(F)c1)C1(O)CCCC1. The van der Waals surface area contributed by atoms with Crippen LogP contribution in [0.4, 0.5) is 4.39 Å². The fraction of sp³-hybridized carbons (Fsp3) is 0.538. The van der Waals surface area contributed by atoms with E-state index in [1.54, 1.807) is 12.1 Å². The fourth-order valence-corrected chi connectivity index (χ4v) is 2.40. The molecule has 0 radical (unpaired) electrons. The Hall–Kier alpha value is -0.930. The molecule has 2 nitrogen and oxygen atoms in total. The number of hydrogen-bond donors (Lipinski definition) is 2. The number of hydrogen-bond acceptors (Lipinski definition) is 2. The van der Waals surface area contributed by atoms with Gasteiger partial charge >= 0.3 is 0 Å². The minimum absolute atomic E-state index is 0.303. The van der Waals surface area contributed by atoms with Crippen LogP contribution in [0.3, 0.4) is 0 Å². The average Bonchev–Trinajstić information content (AvgIpc) is 2.66. The summed E-state index contributed by atoms with van der Waals surface area (Å²) >= 11 is 0. The first-order chi connectivity index (χ1) is 7.60. The summed E-state index contributed by atoms with van der Waals surface area (Å²) in [5, 5.41) is 20.1. The van der Waals surface area contributed by atoms with Crippen LogP contribution in [0.15, 0.2) is 24.3 Å². The van der Waals surface area contributed by atoms with Gasteiger partial charge in [0.25, 0.3) is 0 Å². The van der Waals surface area contributed by atoms with Crippen molar-refractivity contribution < 1.29 is 14.6 Å². The van der Waals surface area contributed by atoms with E-state index in [0.29, 0.717) is 19.3 Å². The second-order valence-corrected chi connectivity index (χ2v) is 4.66. The first kappa shape index (κ1) is 11.6. The van der Waals surface area contributed by atoms with Crippen molar-refractivity contribution in [2.75, 3.05) is 0 Å². The molecule has 1 aliphatic carbocycles. The van der Waals surface area contributed by atoms with Gasteiger partial charge in [-0.3, -0.25) is 0 Å². The number of halogens is 1. The maximum atomic E-state index is 12.9. The molecule has 1 aromatic rings. The van der Waals surface area contributed by atoms with Crippen molar-refractivity contribution in [3.8, 4) is 0 Å². The Balaban J connectivity index is 2.04. The summed E-state index contributed by atoms with van der Waals surface area (Å²) in [4.78, 5) is 0. The molecule has 2 N–H and O–H groups in total. The van der Waals surface area contributed by atoms with Gasteiger partial charge in [-0.2, -0.15) is 0 Å². The molecule has 0 aliphatic heterocycles. The van der Waals surface area contributed by atoms with E-state index in [2.05, 4.69) is 0 Å². The minimum atomic E-state index is -0.966. The van der Waals surface area contributed by atoms with Gasteiger partial charge in [0.15, 0.2) is 0 Å². The Morgan fingerprint density at radius 2 is 2.00 bits per heavy atom. The van der Waals surface area contributed by atoms with Crippen molar-refractivity contribution in [3.63, 3.8) is 0 Å². The van der Waals surface area contributed by atoms with Gasteiger partial charge in [-0.15, -0.1) is 0 Å². The summed E-state index contributed by atoms with van der Waals surface area (Å²) in [5.41, 5.74) is -0.236. The van der Waals surface area contributed by atoms with Gasteiger partial charge in [-0.1, -0.05) is 25.0 Å². The molecule has 1 atom stereocenters. The number of aliphatic hydroxyl groups excluding tert-OH is 1. The van der Waals surface area contributed by atoms with Crippen LogP contribution in [0.1, 0.15) is 31.2 Å². The van der Waals surface area contributed by atoms with E-state index in [-0.39, 0.29) is 5.82 Å². The summed E-state index contributed by atoms with van der Waals surface area (Å²) < 4.78 is 12.9. The lowest BCUT2D eigenvalue weighted by molar-refractivity contribution is -0.0689. The second kappa shape index (κ2) is 4.52. The molecular weight excluding hydrogens is 207 g/mol. The van der Waals surface area contributed by atoms with Gasteiger partial charge in [0.05, 0.1) is 11.7 Å². The number of benzene rings is 1. The van der Waals surface area contributed by atoms with Gasteiger partial charge in [0.2, 0.25) is 0 Å². The Bertz CT molecular complexity index is 359. The molecule has 1 aliphatic rings. The van der Waals surface area contributed by atoms with E-state index in [0.717, 1.165) is 18.4 Å². The molecular formula is C13H17FO2. The van der Waals surface area contributed by atoms with Gasteiger partial charge < -0.3 is 10.2 Å². The standard InChI is InChI=1S/C13H17FO2/c14-11-5-3-4-10(8-11)9-12(15)13(16)6-1-2-7-13/h3-5,8,12,15-16H,1-2,6-7,9H2. The summed E-state index contributed by atoms with van der Waals surface area (Å²) in [6.45, 7) is 0. The first-order valence-corrected chi connectivity index (χ1v) is 5.75. The van der Waals surface area contributed by atoms with E-state index in [1.165, 1.54) is 12.1 Å². The summed E-state index contributed by atoms with van der Waals surface area (Å²) in [5.74, 6) is -0.303. The molecule has 16 heavy (non-hydrogen) atoms. The molecule has 0 heterocycles.